The number of ether oxygens (including phenoxy) is 3. The lowest BCUT2D eigenvalue weighted by atomic mass is 10.2. The van der Waals surface area contributed by atoms with Gasteiger partial charge in [0.05, 0.1) is 24.5 Å². The molecule has 1 aromatic carbocycles. The molecule has 0 spiro atoms. The molecule has 3 aromatic rings. The van der Waals surface area contributed by atoms with Crippen LogP contribution in [-0.4, -0.2) is 54.5 Å². The van der Waals surface area contributed by atoms with Crippen molar-refractivity contribution in [3.8, 4) is 11.4 Å². The van der Waals surface area contributed by atoms with E-state index in [1.165, 1.54) is 28.4 Å². The Morgan fingerprint density at radius 3 is 2.64 bits per heavy atom. The average Bonchev–Trinajstić information content (AvgIpc) is 3.11. The Labute approximate surface area is 211 Å². The number of halogens is 1. The van der Waals surface area contributed by atoms with Crippen molar-refractivity contribution < 1.29 is 23.4 Å². The number of hydrogen-bond acceptors (Lipinski definition) is 7. The zero-order chi connectivity index (χ0) is 26.5. The smallest absolute Gasteiger partial charge is 0.340 e. The lowest BCUT2D eigenvalue weighted by Crippen LogP contribution is -2.26. The molecule has 2 heterocycles. The van der Waals surface area contributed by atoms with Gasteiger partial charge in [-0.2, -0.15) is 0 Å². The second-order valence-electron chi connectivity index (χ2n) is 9.89. The molecule has 196 valence electrons. The molecule has 0 bridgehead atoms. The largest absolute Gasteiger partial charge is 0.488 e. The third-order valence-electron chi connectivity index (χ3n) is 5.75. The molecule has 0 saturated heterocycles. The summed E-state index contributed by atoms with van der Waals surface area (Å²) in [6.45, 7) is 9.72. The quantitative estimate of drug-likeness (QED) is 0.220. The molecule has 0 saturated carbocycles. The Kier molecular flexibility index (Phi) is 9.04. The molecule has 2 N–H and O–H groups in total. The molecular formula is C25H35FN4O5Si. The number of fused-ring (bicyclic) bond motifs is 1. The van der Waals surface area contributed by atoms with E-state index in [-0.39, 0.29) is 24.1 Å². The number of nitrogens with two attached hydrogens (primary N) is 1. The molecule has 0 aliphatic carbocycles. The Morgan fingerprint density at radius 1 is 1.25 bits per heavy atom. The van der Waals surface area contributed by atoms with E-state index in [0.717, 1.165) is 25.0 Å². The zero-order valence-corrected chi connectivity index (χ0v) is 22.5. The molecular weight excluding hydrogens is 483 g/mol. The summed E-state index contributed by atoms with van der Waals surface area (Å²) in [5, 5.41) is 0. The molecule has 0 radical (unpaired) electrons. The van der Waals surface area contributed by atoms with Crippen LogP contribution in [0.3, 0.4) is 0 Å². The first kappa shape index (κ1) is 27.6. The van der Waals surface area contributed by atoms with E-state index in [4.69, 9.17) is 15.2 Å². The summed E-state index contributed by atoms with van der Waals surface area (Å²) in [5.74, 6) is -1.18. The van der Waals surface area contributed by atoms with Gasteiger partial charge in [-0.1, -0.05) is 19.6 Å². The number of methoxy groups -OCH3 is 1. The number of benzene rings is 1. The summed E-state index contributed by atoms with van der Waals surface area (Å²) in [7, 11) is -0.137. The Hall–Kier alpha value is -3.02. The number of esters is 1. The summed E-state index contributed by atoms with van der Waals surface area (Å²) >= 11 is 0. The number of pyridine rings is 1. The summed E-state index contributed by atoms with van der Waals surface area (Å²) in [4.78, 5) is 29.9. The first-order chi connectivity index (χ1) is 17.1. The van der Waals surface area contributed by atoms with Gasteiger partial charge in [-0.05, 0) is 50.6 Å². The lowest BCUT2D eigenvalue weighted by molar-refractivity contribution is 0.0595. The van der Waals surface area contributed by atoms with Crippen molar-refractivity contribution in [3.63, 3.8) is 0 Å². The van der Waals surface area contributed by atoms with Gasteiger partial charge >= 0.3 is 11.7 Å². The second kappa shape index (κ2) is 11.8. The SMILES string of the molecule is COC(=O)c1ccc(-n2c(=O)n(COCC[Si](C)(C)C)c3nccc(OC(C)CCCN)c32)cc1F. The first-order valence-electron chi connectivity index (χ1n) is 12.0. The van der Waals surface area contributed by atoms with Crippen LogP contribution in [0.4, 0.5) is 4.39 Å². The van der Waals surface area contributed by atoms with Crippen molar-refractivity contribution in [3.05, 3.63) is 52.3 Å². The Bertz CT molecular complexity index is 1270. The number of nitrogens with zero attached hydrogens (tertiary/aromatic N) is 3. The van der Waals surface area contributed by atoms with E-state index in [1.807, 2.05) is 6.92 Å². The van der Waals surface area contributed by atoms with E-state index in [1.54, 1.807) is 12.3 Å². The second-order valence-corrected chi connectivity index (χ2v) is 15.5. The van der Waals surface area contributed by atoms with Crippen LogP contribution in [0, 0.1) is 5.82 Å². The van der Waals surface area contributed by atoms with E-state index in [2.05, 4.69) is 29.4 Å². The van der Waals surface area contributed by atoms with Crippen molar-refractivity contribution in [2.24, 2.45) is 5.73 Å². The Balaban J connectivity index is 2.11. The molecule has 11 heteroatoms. The number of hydrogen-bond donors (Lipinski definition) is 1. The van der Waals surface area contributed by atoms with Crippen molar-refractivity contribution >= 4 is 25.2 Å². The monoisotopic (exact) mass is 518 g/mol. The van der Waals surface area contributed by atoms with E-state index in [0.29, 0.717) is 30.1 Å². The molecule has 1 atom stereocenters. The molecule has 9 nitrogen and oxygen atoms in total. The predicted molar refractivity (Wildman–Crippen MR) is 139 cm³/mol. The van der Waals surface area contributed by atoms with Gasteiger partial charge in [-0.3, -0.25) is 9.13 Å². The highest BCUT2D eigenvalue weighted by atomic mass is 28.3. The molecule has 2 aromatic heterocycles. The summed E-state index contributed by atoms with van der Waals surface area (Å²) < 4.78 is 34.2. The van der Waals surface area contributed by atoms with Gasteiger partial charge in [0.15, 0.2) is 5.65 Å². The first-order valence-corrected chi connectivity index (χ1v) is 15.7. The number of aromatic nitrogens is 3. The van der Waals surface area contributed by atoms with Crippen LogP contribution >= 0.6 is 0 Å². The molecule has 3 rings (SSSR count). The van der Waals surface area contributed by atoms with Crippen molar-refractivity contribution in [2.45, 2.75) is 58.3 Å². The highest BCUT2D eigenvalue weighted by molar-refractivity contribution is 6.76. The molecule has 1 unspecified atom stereocenters. The van der Waals surface area contributed by atoms with E-state index >= 15 is 0 Å². The number of carbonyl (C=O) groups excluding carboxylic acids is 1. The predicted octanol–water partition coefficient (Wildman–Crippen LogP) is 3.93. The fourth-order valence-corrected chi connectivity index (χ4v) is 4.48. The van der Waals surface area contributed by atoms with Crippen LogP contribution in [0.2, 0.25) is 25.7 Å². The van der Waals surface area contributed by atoms with Gasteiger partial charge in [-0.25, -0.2) is 19.0 Å². The highest BCUT2D eigenvalue weighted by Gasteiger charge is 2.23. The van der Waals surface area contributed by atoms with Crippen LogP contribution in [0.1, 0.15) is 30.1 Å². The molecule has 0 aliphatic heterocycles. The lowest BCUT2D eigenvalue weighted by Gasteiger charge is -2.16. The minimum Gasteiger partial charge on any atom is -0.488 e. The Morgan fingerprint density at radius 2 is 2.00 bits per heavy atom. The van der Waals surface area contributed by atoms with E-state index < -0.39 is 25.6 Å². The number of imidazole rings is 1. The molecule has 0 amide bonds. The normalized spacial score (nSPS) is 12.6. The molecule has 0 fully saturated rings. The van der Waals surface area contributed by atoms with Gasteiger partial charge in [0, 0.05) is 26.9 Å². The fraction of sp³-hybridized carbons (Fsp3) is 0.480. The van der Waals surface area contributed by atoms with Crippen molar-refractivity contribution in [1.29, 1.82) is 0 Å². The standard InChI is InChI=1S/C25H35FN4O5Si/c1-17(7-6-11-27)35-21-10-12-28-23-22(21)30(18-8-9-19(20(26)15-18)24(31)33-2)25(32)29(23)16-34-13-14-36(3,4)5/h8-10,12,15,17H,6-7,11,13-14,16,27H2,1-5H3. The summed E-state index contributed by atoms with van der Waals surface area (Å²) in [6.07, 6.45) is 2.91. The van der Waals surface area contributed by atoms with Gasteiger partial charge in [0.1, 0.15) is 23.8 Å². The fourth-order valence-electron chi connectivity index (χ4n) is 3.73. The molecule has 36 heavy (non-hydrogen) atoms. The maximum Gasteiger partial charge on any atom is 0.340 e. The van der Waals surface area contributed by atoms with E-state index in [9.17, 15) is 14.0 Å². The van der Waals surface area contributed by atoms with Crippen LogP contribution in [0.25, 0.3) is 16.9 Å². The maximum absolute atomic E-state index is 14.8. The van der Waals surface area contributed by atoms with Crippen LogP contribution < -0.4 is 16.2 Å². The van der Waals surface area contributed by atoms with Crippen LogP contribution in [-0.2, 0) is 16.2 Å². The third-order valence-corrected chi connectivity index (χ3v) is 7.45. The topological polar surface area (TPSA) is 111 Å². The average molecular weight is 519 g/mol. The number of carbonyl (C=O) groups is 1. The summed E-state index contributed by atoms with van der Waals surface area (Å²) in [6, 6.07) is 6.52. The minimum atomic E-state index is -1.31. The molecule has 0 aliphatic rings. The van der Waals surface area contributed by atoms with Crippen molar-refractivity contribution in [2.75, 3.05) is 20.3 Å². The zero-order valence-electron chi connectivity index (χ0n) is 21.5. The minimum absolute atomic E-state index is 0.00524. The maximum atomic E-state index is 14.8. The number of rotatable bonds is 12. The third kappa shape index (κ3) is 6.39. The van der Waals surface area contributed by atoms with Gasteiger partial charge in [0.2, 0.25) is 0 Å². The van der Waals surface area contributed by atoms with Gasteiger partial charge < -0.3 is 19.9 Å². The van der Waals surface area contributed by atoms with Gasteiger partial charge in [0.25, 0.3) is 0 Å². The van der Waals surface area contributed by atoms with Crippen molar-refractivity contribution in [1.82, 2.24) is 14.1 Å². The van der Waals surface area contributed by atoms with Crippen LogP contribution in [0.15, 0.2) is 35.3 Å². The highest BCUT2D eigenvalue weighted by Crippen LogP contribution is 2.28. The van der Waals surface area contributed by atoms with Crippen LogP contribution in [0.5, 0.6) is 5.75 Å². The van der Waals surface area contributed by atoms with Gasteiger partial charge in [-0.15, -0.1) is 0 Å². The summed E-state index contributed by atoms with van der Waals surface area (Å²) in [5.41, 5.74) is 5.92.